The minimum absolute atomic E-state index is 0.0968. The van der Waals surface area contributed by atoms with E-state index in [1.807, 2.05) is 35.9 Å². The smallest absolute Gasteiger partial charge is 0.290 e. The number of carboxylic acid groups (broad SMARTS) is 1. The summed E-state index contributed by atoms with van der Waals surface area (Å²) in [5.74, 6) is 2.01. The predicted molar refractivity (Wildman–Crippen MR) is 105 cm³/mol. The molecule has 0 aliphatic carbocycles. The molecule has 142 valence electrons. The number of nitrogens with zero attached hydrogens (tertiary/aromatic N) is 4. The van der Waals surface area contributed by atoms with E-state index in [9.17, 15) is 4.79 Å². The Morgan fingerprint density at radius 1 is 1.37 bits per heavy atom. The van der Waals surface area contributed by atoms with E-state index in [-0.39, 0.29) is 12.4 Å². The number of thioether (sulfide) groups is 1. The number of anilines is 1. The molecule has 0 aliphatic rings. The lowest BCUT2D eigenvalue weighted by molar-refractivity contribution is -0.123. The van der Waals surface area contributed by atoms with Gasteiger partial charge >= 0.3 is 0 Å². The zero-order chi connectivity index (χ0) is 19.5. The molecule has 1 aromatic carbocycles. The van der Waals surface area contributed by atoms with Crippen molar-refractivity contribution in [2.45, 2.75) is 30.0 Å². The summed E-state index contributed by atoms with van der Waals surface area (Å²) in [6, 6.07) is 10.2. The summed E-state index contributed by atoms with van der Waals surface area (Å²) in [5, 5.41) is 9.63. The van der Waals surface area contributed by atoms with Crippen LogP contribution in [0.15, 0.2) is 47.1 Å². The number of aromatic nitrogens is 4. The molecular formula is C17H19N5O3S2. The number of rotatable bonds is 7. The Hall–Kier alpha value is -2.72. The quantitative estimate of drug-likeness (QED) is 0.459. The third-order valence-electron chi connectivity index (χ3n) is 3.37. The van der Waals surface area contributed by atoms with Crippen molar-refractivity contribution in [3.8, 4) is 0 Å². The molecule has 3 aromatic rings. The maximum Gasteiger partial charge on any atom is 0.290 e. The average molecular weight is 406 g/mol. The molecule has 0 radical (unpaired) electrons. The zero-order valence-corrected chi connectivity index (χ0v) is 16.2. The van der Waals surface area contributed by atoms with Gasteiger partial charge in [-0.25, -0.2) is 4.98 Å². The molecule has 2 N–H and O–H groups in total. The Bertz CT molecular complexity index is 851. The van der Waals surface area contributed by atoms with Gasteiger partial charge in [0.05, 0.1) is 0 Å². The highest BCUT2D eigenvalue weighted by molar-refractivity contribution is 8.00. The number of carbonyl (C=O) groups is 2. The van der Waals surface area contributed by atoms with Crippen LogP contribution in [0.4, 0.5) is 5.95 Å². The molecular weight excluding hydrogens is 386 g/mol. The van der Waals surface area contributed by atoms with Gasteiger partial charge < -0.3 is 9.67 Å². The molecule has 0 spiro atoms. The zero-order valence-electron chi connectivity index (χ0n) is 14.6. The van der Waals surface area contributed by atoms with Crippen molar-refractivity contribution in [1.82, 2.24) is 18.9 Å². The van der Waals surface area contributed by atoms with Gasteiger partial charge in [-0.15, -0.1) is 0 Å². The lowest BCUT2D eigenvalue weighted by atomic mass is 10.2. The number of amides is 1. The first-order valence-corrected chi connectivity index (χ1v) is 9.74. The normalized spacial score (nSPS) is 9.96. The number of benzene rings is 1. The molecule has 0 atom stereocenters. The van der Waals surface area contributed by atoms with E-state index >= 15 is 0 Å². The van der Waals surface area contributed by atoms with Crippen LogP contribution >= 0.6 is 23.3 Å². The van der Waals surface area contributed by atoms with E-state index in [0.717, 1.165) is 15.9 Å². The van der Waals surface area contributed by atoms with Gasteiger partial charge in [0.2, 0.25) is 11.9 Å². The highest BCUT2D eigenvalue weighted by atomic mass is 32.2. The molecule has 0 fully saturated rings. The maximum atomic E-state index is 12.0. The summed E-state index contributed by atoms with van der Waals surface area (Å²) < 4.78 is 6.98. The molecule has 2 heterocycles. The maximum absolute atomic E-state index is 12.0. The van der Waals surface area contributed by atoms with Crippen LogP contribution in [0.25, 0.3) is 0 Å². The fourth-order valence-electron chi connectivity index (χ4n) is 2.09. The lowest BCUT2D eigenvalue weighted by Gasteiger charge is -2.04. The topological polar surface area (TPSA) is 110 Å². The van der Waals surface area contributed by atoms with Gasteiger partial charge in [-0.1, -0.05) is 42.1 Å². The summed E-state index contributed by atoms with van der Waals surface area (Å²) >= 11 is 2.92. The summed E-state index contributed by atoms with van der Waals surface area (Å²) in [4.78, 5) is 28.8. The molecule has 3 rings (SSSR count). The standard InChI is InChI=1S/C16H17N5OS2.CH2O2/c1-12-17-8-10-21(12)9-7-14(22)18-15-19-16(24-20-15)23-11-13-5-3-2-4-6-13;2-1-3/h2-6,8,10H,7,9,11H2,1H3,(H,18,20,22);1H,(H,2,3). The van der Waals surface area contributed by atoms with Gasteiger partial charge in [0, 0.05) is 31.1 Å². The first kappa shape index (κ1) is 20.6. The van der Waals surface area contributed by atoms with E-state index in [1.54, 1.807) is 18.0 Å². The van der Waals surface area contributed by atoms with E-state index in [4.69, 9.17) is 9.90 Å². The van der Waals surface area contributed by atoms with Crippen LogP contribution in [0.1, 0.15) is 17.8 Å². The van der Waals surface area contributed by atoms with Crippen LogP contribution in [0.3, 0.4) is 0 Å². The highest BCUT2D eigenvalue weighted by Crippen LogP contribution is 2.25. The van der Waals surface area contributed by atoms with E-state index in [1.165, 1.54) is 17.1 Å². The number of imidazole rings is 1. The van der Waals surface area contributed by atoms with Crippen LogP contribution < -0.4 is 5.32 Å². The van der Waals surface area contributed by atoms with Crippen molar-refractivity contribution < 1.29 is 14.7 Å². The summed E-state index contributed by atoms with van der Waals surface area (Å²) in [6.07, 6.45) is 3.95. The monoisotopic (exact) mass is 405 g/mol. The number of nitrogens with one attached hydrogen (secondary N) is 1. The third-order valence-corrected chi connectivity index (χ3v) is 5.27. The summed E-state index contributed by atoms with van der Waals surface area (Å²) in [5.41, 5.74) is 1.24. The highest BCUT2D eigenvalue weighted by Gasteiger charge is 2.09. The molecule has 10 heteroatoms. The van der Waals surface area contributed by atoms with Crippen molar-refractivity contribution >= 4 is 41.6 Å². The van der Waals surface area contributed by atoms with Gasteiger partial charge in [-0.05, 0) is 24.0 Å². The lowest BCUT2D eigenvalue weighted by Crippen LogP contribution is -2.15. The van der Waals surface area contributed by atoms with Gasteiger partial charge in [0.1, 0.15) is 5.82 Å². The van der Waals surface area contributed by atoms with Crippen LogP contribution in [0.2, 0.25) is 0 Å². The molecule has 0 saturated carbocycles. The fraction of sp³-hybridized carbons (Fsp3) is 0.235. The first-order chi connectivity index (χ1) is 13.1. The SMILES string of the molecule is Cc1nccn1CCC(=O)Nc1nsc(SCc2ccccc2)n1.O=CO. The first-order valence-electron chi connectivity index (χ1n) is 7.98. The Kier molecular flexibility index (Phi) is 8.46. The molecule has 0 unspecified atom stereocenters. The Balaban J connectivity index is 0.000000817. The van der Waals surface area contributed by atoms with E-state index in [2.05, 4.69) is 31.8 Å². The van der Waals surface area contributed by atoms with E-state index in [0.29, 0.717) is 18.9 Å². The molecule has 27 heavy (non-hydrogen) atoms. The molecule has 2 aromatic heterocycles. The average Bonchev–Trinajstić information content (AvgIpc) is 3.28. The van der Waals surface area contributed by atoms with Crippen molar-refractivity contribution in [2.75, 3.05) is 5.32 Å². The number of aryl methyl sites for hydroxylation is 2. The summed E-state index contributed by atoms with van der Waals surface area (Å²) in [6.45, 7) is 2.26. The Morgan fingerprint density at radius 3 is 2.78 bits per heavy atom. The van der Waals surface area contributed by atoms with Gasteiger partial charge in [-0.3, -0.25) is 14.9 Å². The Morgan fingerprint density at radius 2 is 2.11 bits per heavy atom. The number of hydrogen-bond acceptors (Lipinski definition) is 7. The number of hydrogen-bond donors (Lipinski definition) is 2. The largest absolute Gasteiger partial charge is 0.483 e. The van der Waals surface area contributed by atoms with Crippen LogP contribution in [-0.2, 0) is 21.9 Å². The second-order valence-electron chi connectivity index (χ2n) is 5.23. The van der Waals surface area contributed by atoms with Crippen molar-refractivity contribution in [1.29, 1.82) is 0 Å². The van der Waals surface area contributed by atoms with Crippen molar-refractivity contribution in [3.05, 3.63) is 54.1 Å². The van der Waals surface area contributed by atoms with Gasteiger partial charge in [-0.2, -0.15) is 9.36 Å². The van der Waals surface area contributed by atoms with Crippen molar-refractivity contribution in [2.24, 2.45) is 0 Å². The molecule has 1 amide bonds. The van der Waals surface area contributed by atoms with Crippen molar-refractivity contribution in [3.63, 3.8) is 0 Å². The predicted octanol–water partition coefficient (Wildman–Crippen LogP) is 3.06. The second-order valence-corrected chi connectivity index (χ2v) is 7.20. The van der Waals surface area contributed by atoms with Crippen LogP contribution in [0, 0.1) is 6.92 Å². The fourth-order valence-corrected chi connectivity index (χ4v) is 3.60. The minimum Gasteiger partial charge on any atom is -0.483 e. The Labute approximate surface area is 164 Å². The molecule has 8 nitrogen and oxygen atoms in total. The molecule has 0 saturated heterocycles. The van der Waals surface area contributed by atoms with Crippen LogP contribution in [-0.4, -0.2) is 36.4 Å². The second kappa shape index (κ2) is 11.1. The summed E-state index contributed by atoms with van der Waals surface area (Å²) in [7, 11) is 0. The molecule has 0 bridgehead atoms. The number of carbonyl (C=O) groups excluding carboxylic acids is 1. The van der Waals surface area contributed by atoms with E-state index < -0.39 is 0 Å². The minimum atomic E-state index is -0.250. The third kappa shape index (κ3) is 7.19. The van der Waals surface area contributed by atoms with Gasteiger partial charge in [0.25, 0.3) is 6.47 Å². The van der Waals surface area contributed by atoms with Gasteiger partial charge in [0.15, 0.2) is 4.34 Å². The van der Waals surface area contributed by atoms with Crippen LogP contribution in [0.5, 0.6) is 0 Å². The molecule has 0 aliphatic heterocycles.